The van der Waals surface area contributed by atoms with Crippen molar-refractivity contribution in [3.05, 3.63) is 242 Å². The number of hydrogen-bond acceptors (Lipinski definition) is 0. The van der Waals surface area contributed by atoms with E-state index in [-0.39, 0.29) is 57.6 Å². The highest BCUT2D eigenvalue weighted by Crippen LogP contribution is 2.42. The van der Waals surface area contributed by atoms with Gasteiger partial charge in [-0.3, -0.25) is 0 Å². The predicted octanol–water partition coefficient (Wildman–Crippen LogP) is 16.2. The van der Waals surface area contributed by atoms with Crippen molar-refractivity contribution in [3.63, 3.8) is 0 Å². The molecule has 0 aliphatic carbocycles. The molecule has 10 aromatic carbocycles. The van der Waals surface area contributed by atoms with Crippen LogP contribution in [0.1, 0.15) is 9.60 Å². The van der Waals surface area contributed by atoms with E-state index < -0.39 is 12.1 Å². The van der Waals surface area contributed by atoms with Crippen LogP contribution < -0.4 is 0 Å². The van der Waals surface area contributed by atoms with Gasteiger partial charge in [0.25, 0.3) is 0 Å². The predicted molar refractivity (Wildman–Crippen MR) is 262 cm³/mol. The third-order valence-electron chi connectivity index (χ3n) is 12.0. The van der Waals surface area contributed by atoms with Crippen LogP contribution in [0.4, 0.5) is 0 Å². The fourth-order valence-corrected chi connectivity index (χ4v) is 9.03. The largest absolute Gasteiger partial charge is 0.309 e. The summed E-state index contributed by atoms with van der Waals surface area (Å²) in [5, 5.41) is 2.19. The molecule has 0 saturated carbocycles. The minimum absolute atomic E-state index is 0.0863. The maximum absolute atomic E-state index is 10.0. The first kappa shape index (κ1) is 29.1. The van der Waals surface area contributed by atoms with Gasteiger partial charge in [0, 0.05) is 38.5 Å². The molecule has 2 heterocycles. The molecule has 12 rings (SSSR count). The number of benzene rings is 10. The maximum Gasteiger partial charge on any atom is 0.0645 e. The van der Waals surface area contributed by atoms with Crippen LogP contribution in [0.25, 0.3) is 111 Å². The van der Waals surface area contributed by atoms with E-state index >= 15 is 0 Å². The molecular formula is C60H40N2. The Morgan fingerprint density at radius 1 is 0.290 bits per heavy atom. The van der Waals surface area contributed by atoms with Crippen LogP contribution in [0.3, 0.4) is 0 Å². The number of aromatic nitrogens is 2. The van der Waals surface area contributed by atoms with Crippen LogP contribution in [0.15, 0.2) is 242 Å². The topological polar surface area (TPSA) is 9.86 Å². The minimum atomic E-state index is -0.428. The smallest absolute Gasteiger partial charge is 0.0645 e. The molecule has 0 N–H and O–H groups in total. The molecule has 0 saturated heterocycles. The lowest BCUT2D eigenvalue weighted by Crippen LogP contribution is -1.96. The van der Waals surface area contributed by atoms with Gasteiger partial charge in [-0.2, -0.15) is 0 Å². The second-order valence-electron chi connectivity index (χ2n) is 15.6. The molecule has 0 aliphatic heterocycles. The van der Waals surface area contributed by atoms with E-state index in [4.69, 9.17) is 2.74 Å². The average molecular weight is 796 g/mol. The van der Waals surface area contributed by atoms with Crippen LogP contribution in [-0.2, 0) is 0 Å². The van der Waals surface area contributed by atoms with E-state index in [9.17, 15) is 6.85 Å². The van der Waals surface area contributed by atoms with Gasteiger partial charge < -0.3 is 9.13 Å². The molecule has 0 unspecified atom stereocenters. The van der Waals surface area contributed by atoms with Crippen LogP contribution in [0, 0.1) is 0 Å². The highest BCUT2D eigenvalue weighted by atomic mass is 15.0. The Morgan fingerprint density at radius 3 is 1.48 bits per heavy atom. The average Bonchev–Trinajstić information content (AvgIpc) is 3.94. The van der Waals surface area contributed by atoms with Crippen LogP contribution in [0.2, 0.25) is 0 Å². The van der Waals surface area contributed by atoms with Gasteiger partial charge in [0.15, 0.2) is 0 Å². The summed E-state index contributed by atoms with van der Waals surface area (Å²) in [5.41, 5.74) is 12.9. The maximum atomic E-state index is 10.0. The second-order valence-corrected chi connectivity index (χ2v) is 15.6. The van der Waals surface area contributed by atoms with Crippen molar-refractivity contribution in [2.45, 2.75) is 0 Å². The Kier molecular flexibility index (Phi) is 6.95. The third kappa shape index (κ3) is 6.04. The van der Waals surface area contributed by atoms with E-state index in [0.717, 1.165) is 72.0 Å². The molecule has 12 aromatic rings. The van der Waals surface area contributed by atoms with Gasteiger partial charge in [-0.1, -0.05) is 188 Å². The molecule has 0 radical (unpaired) electrons. The lowest BCUT2D eigenvalue weighted by Gasteiger charge is -2.14. The number of rotatable bonds is 7. The summed E-state index contributed by atoms with van der Waals surface area (Å²) in [6.07, 6.45) is 0. The van der Waals surface area contributed by atoms with Gasteiger partial charge in [0.05, 0.1) is 31.7 Å². The zero-order chi connectivity index (χ0) is 47.1. The fraction of sp³-hybridized carbons (Fsp3) is 0. The molecule has 0 fully saturated rings. The van der Waals surface area contributed by atoms with Gasteiger partial charge in [0.1, 0.15) is 0 Å². The Bertz CT molecular complexity index is 4010. The van der Waals surface area contributed by atoms with E-state index in [0.29, 0.717) is 11.3 Å². The summed E-state index contributed by atoms with van der Waals surface area (Å²) in [7, 11) is 0. The normalized spacial score (nSPS) is 13.1. The first-order valence-electron chi connectivity index (χ1n) is 24.3. The molecule has 0 amide bonds. The van der Waals surface area contributed by atoms with E-state index in [1.807, 2.05) is 109 Å². The van der Waals surface area contributed by atoms with E-state index in [1.165, 1.54) is 0 Å². The van der Waals surface area contributed by atoms with Crippen molar-refractivity contribution in [1.29, 1.82) is 0 Å². The molecular weight excluding hydrogens is 749 g/mol. The van der Waals surface area contributed by atoms with E-state index in [2.05, 4.69) is 95.6 Å². The van der Waals surface area contributed by atoms with Crippen LogP contribution in [0.5, 0.6) is 0 Å². The van der Waals surface area contributed by atoms with Gasteiger partial charge in [-0.25, -0.2) is 0 Å². The van der Waals surface area contributed by atoms with E-state index in [1.54, 1.807) is 4.57 Å². The van der Waals surface area contributed by atoms with Crippen LogP contribution in [-0.4, -0.2) is 9.13 Å². The summed E-state index contributed by atoms with van der Waals surface area (Å²) >= 11 is 0. The van der Waals surface area contributed by atoms with Gasteiger partial charge >= 0.3 is 0 Å². The monoisotopic (exact) mass is 795 g/mol. The van der Waals surface area contributed by atoms with Gasteiger partial charge in [-0.05, 0) is 105 Å². The summed E-state index contributed by atoms with van der Waals surface area (Å²) in [5.74, 6) is 0. The molecule has 0 spiro atoms. The molecule has 0 atom stereocenters. The zero-order valence-electron chi connectivity index (χ0n) is 40.4. The summed E-state index contributed by atoms with van der Waals surface area (Å²) in [6, 6.07) is 65.6. The molecule has 0 aliphatic rings. The fourth-order valence-electron chi connectivity index (χ4n) is 9.03. The minimum Gasteiger partial charge on any atom is -0.309 e. The lowest BCUT2D eigenvalue weighted by atomic mass is 9.97. The highest BCUT2D eigenvalue weighted by molar-refractivity contribution is 6.15. The molecule has 0 bridgehead atoms. The number of para-hydroxylation sites is 2. The molecule has 2 nitrogen and oxygen atoms in total. The van der Waals surface area contributed by atoms with Crippen molar-refractivity contribution in [2.24, 2.45) is 0 Å². The first-order chi connectivity index (χ1) is 33.7. The van der Waals surface area contributed by atoms with Crippen molar-refractivity contribution >= 4 is 43.6 Å². The Balaban J connectivity index is 1.11. The van der Waals surface area contributed by atoms with Gasteiger partial charge in [0.2, 0.25) is 0 Å². The van der Waals surface area contributed by atoms with Crippen molar-refractivity contribution in [3.8, 4) is 67.0 Å². The van der Waals surface area contributed by atoms with Crippen molar-refractivity contribution in [2.75, 3.05) is 0 Å². The Morgan fingerprint density at radius 2 is 0.806 bits per heavy atom. The lowest BCUT2D eigenvalue weighted by molar-refractivity contribution is 1.18. The van der Waals surface area contributed by atoms with Crippen LogP contribution >= 0.6 is 0 Å². The Hall–Kier alpha value is -8.20. The third-order valence-corrected chi connectivity index (χ3v) is 12.0. The van der Waals surface area contributed by atoms with Gasteiger partial charge in [-0.15, -0.1) is 0 Å². The summed E-state index contributed by atoms with van der Waals surface area (Å²) in [4.78, 5) is 0. The first-order valence-corrected chi connectivity index (χ1v) is 20.8. The summed E-state index contributed by atoms with van der Waals surface area (Å²) in [6.45, 7) is 0. The molecule has 290 valence electrons. The van der Waals surface area contributed by atoms with Crippen molar-refractivity contribution in [1.82, 2.24) is 9.13 Å². The number of fused-ring (bicyclic) bond motifs is 6. The standard InChI is InChI=1S/C60H40N2/c1-4-15-41(16-5-1)44-29-31-45(32-30-44)52-26-14-27-54-56-40-49(34-36-59(56)62(60(52)54)51-24-13-22-47(38-51)43-19-8-3-9-20-43)48-33-35-58-55(39-48)53-25-10-11-28-57(53)61(58)50-23-12-21-46(37-50)42-17-6-2-7-18-42/h1-40H/i10D,11D,25D,28D,33D,35D,39D. The highest BCUT2D eigenvalue weighted by Gasteiger charge is 2.19. The Labute approximate surface area is 370 Å². The molecule has 62 heavy (non-hydrogen) atoms. The molecule has 2 heteroatoms. The quantitative estimate of drug-likeness (QED) is 0.152. The van der Waals surface area contributed by atoms with Crippen molar-refractivity contribution < 1.29 is 9.60 Å². The molecule has 2 aromatic heterocycles. The number of hydrogen-bond donors (Lipinski definition) is 0. The SMILES string of the molecule is [2H]c1c([2H])c([2H])c2c(c1[2H])c1c([2H])c(-c3ccc4c(c3)c3cccc(-c5ccc(-c6ccccc6)cc5)c3n4-c3cccc(-c4ccccc4)c3)c([2H])c([2H])c1n2-c1cccc(-c2ccccc2)c1. The number of nitrogens with zero attached hydrogens (tertiary/aromatic N) is 2. The second kappa shape index (κ2) is 14.8. The zero-order valence-corrected chi connectivity index (χ0v) is 33.4. The summed E-state index contributed by atoms with van der Waals surface area (Å²) < 4.78 is 69.4.